The van der Waals surface area contributed by atoms with Gasteiger partial charge in [0.2, 0.25) is 0 Å². The molecule has 2 heterocycles. The second-order valence-corrected chi connectivity index (χ2v) is 13.8. The lowest BCUT2D eigenvalue weighted by atomic mass is 9.83. The lowest BCUT2D eigenvalue weighted by Gasteiger charge is -2.40. The van der Waals surface area contributed by atoms with Gasteiger partial charge in [0.1, 0.15) is 9.98 Å². The first-order chi connectivity index (χ1) is 17.1. The Balaban J connectivity index is 1.84. The van der Waals surface area contributed by atoms with Crippen molar-refractivity contribution in [2.75, 3.05) is 26.2 Å². The molecule has 0 saturated carbocycles. The predicted octanol–water partition coefficient (Wildman–Crippen LogP) is 4.99. The minimum absolute atomic E-state index is 0.0866. The fourth-order valence-electron chi connectivity index (χ4n) is 5.92. The largest absolute Gasteiger partial charge is 0.393 e. The van der Waals surface area contributed by atoms with Crippen LogP contribution in [0.1, 0.15) is 87.5 Å². The molecule has 212 valence electrons. The van der Waals surface area contributed by atoms with Gasteiger partial charge in [-0.2, -0.15) is 0 Å². The van der Waals surface area contributed by atoms with Crippen LogP contribution in [0.2, 0.25) is 0 Å². The second kappa shape index (κ2) is 13.2. The molecule has 0 radical (unpaired) electrons. The summed E-state index contributed by atoms with van der Waals surface area (Å²) in [7, 11) is 0. The van der Waals surface area contributed by atoms with Gasteiger partial charge >= 0.3 is 0 Å². The van der Waals surface area contributed by atoms with E-state index in [1.807, 2.05) is 0 Å². The Bertz CT molecular complexity index is 797. The molecule has 4 unspecified atom stereocenters. The minimum Gasteiger partial charge on any atom is -0.393 e. The maximum absolute atomic E-state index is 10.9. The number of aliphatic hydroxyl groups is 2. The average molecular weight is 589 g/mol. The number of hydrogen-bond donors (Lipinski definition) is 2. The van der Waals surface area contributed by atoms with Crippen molar-refractivity contribution in [2.45, 2.75) is 111 Å². The number of hydrogen-bond acceptors (Lipinski definition) is 6. The monoisotopic (exact) mass is 588 g/mol. The van der Waals surface area contributed by atoms with Gasteiger partial charge in [0.15, 0.2) is 10.2 Å². The van der Waals surface area contributed by atoms with E-state index in [2.05, 4.69) is 75.0 Å². The summed E-state index contributed by atoms with van der Waals surface area (Å²) < 4.78 is 0. The minimum atomic E-state index is -0.440. The molecule has 2 N–H and O–H groups in total. The van der Waals surface area contributed by atoms with Crippen LogP contribution < -0.4 is 0 Å². The van der Waals surface area contributed by atoms with Crippen LogP contribution in [0, 0.1) is 11.8 Å². The standard InChI is InChI=1S/C27H48N4O2S4/c1-9-28-16-22(34)30(24(28)36)26(5,6)14-18(3)20(32)12-11-13-21(33)19(4)15-27(7,8)31-23(35)17-29(10-2)25(31)37/h18-21,32-33H,9-17H2,1-8H3. The molecule has 2 aliphatic heterocycles. The average Bonchev–Trinajstić information content (AvgIpc) is 3.26. The molecule has 0 bridgehead atoms. The van der Waals surface area contributed by atoms with E-state index in [-0.39, 0.29) is 22.9 Å². The third kappa shape index (κ3) is 7.78. The van der Waals surface area contributed by atoms with Crippen LogP contribution in [-0.4, -0.2) is 99.5 Å². The molecule has 0 spiro atoms. The van der Waals surface area contributed by atoms with Gasteiger partial charge in [-0.3, -0.25) is 0 Å². The number of rotatable bonds is 14. The SMILES string of the molecule is CCN1CC(=S)N(C(C)(C)CC(C)C(O)CCCC(O)C(C)CC(C)(C)N2C(=S)CN(CC)C2=S)C1=S. The Hall–Kier alpha value is -0.520. The van der Waals surface area contributed by atoms with Gasteiger partial charge in [-0.25, -0.2) is 0 Å². The highest BCUT2D eigenvalue weighted by molar-refractivity contribution is 7.82. The first-order valence-corrected chi connectivity index (χ1v) is 15.3. The maximum Gasteiger partial charge on any atom is 0.177 e. The topological polar surface area (TPSA) is 53.4 Å². The summed E-state index contributed by atoms with van der Waals surface area (Å²) in [5.74, 6) is 0.173. The van der Waals surface area contributed by atoms with Crippen LogP contribution in [0.5, 0.6) is 0 Å². The molecule has 2 fully saturated rings. The number of likely N-dealkylation sites (N-methyl/N-ethyl adjacent to an activating group) is 2. The molecule has 37 heavy (non-hydrogen) atoms. The summed E-state index contributed by atoms with van der Waals surface area (Å²) in [5, 5.41) is 23.4. The van der Waals surface area contributed by atoms with Crippen LogP contribution >= 0.6 is 48.9 Å². The zero-order valence-corrected chi connectivity index (χ0v) is 27.3. The highest BCUT2D eigenvalue weighted by Gasteiger charge is 2.41. The Morgan fingerprint density at radius 1 is 0.703 bits per heavy atom. The lowest BCUT2D eigenvalue weighted by Crippen LogP contribution is -2.49. The molecule has 4 atom stereocenters. The lowest BCUT2D eigenvalue weighted by molar-refractivity contribution is 0.0574. The third-order valence-electron chi connectivity index (χ3n) is 8.01. The fraction of sp³-hybridized carbons (Fsp3) is 0.852. The number of thiocarbonyl (C=S) groups is 4. The molecule has 0 aliphatic carbocycles. The molecule has 2 aliphatic rings. The summed E-state index contributed by atoms with van der Waals surface area (Å²) in [6.45, 7) is 20.0. The van der Waals surface area contributed by atoms with Gasteiger partial charge in [0, 0.05) is 24.2 Å². The first kappa shape index (κ1) is 32.7. The highest BCUT2D eigenvalue weighted by atomic mass is 32.1. The summed E-state index contributed by atoms with van der Waals surface area (Å²) >= 11 is 22.6. The molecular formula is C27H48N4O2S4. The van der Waals surface area contributed by atoms with Gasteiger partial charge in [-0.1, -0.05) is 38.3 Å². The zero-order chi connectivity index (χ0) is 28.3. The van der Waals surface area contributed by atoms with Gasteiger partial charge < -0.3 is 29.8 Å². The summed E-state index contributed by atoms with van der Waals surface area (Å²) in [6, 6.07) is 0. The van der Waals surface area contributed by atoms with Gasteiger partial charge in [-0.15, -0.1) is 0 Å². The molecule has 0 amide bonds. The summed E-state index contributed by atoms with van der Waals surface area (Å²) in [5.41, 5.74) is -0.523. The zero-order valence-electron chi connectivity index (χ0n) is 24.0. The van der Waals surface area contributed by atoms with Crippen molar-refractivity contribution in [3.05, 3.63) is 0 Å². The normalized spacial score (nSPS) is 20.8. The van der Waals surface area contributed by atoms with E-state index < -0.39 is 12.2 Å². The summed E-state index contributed by atoms with van der Waals surface area (Å²) in [4.78, 5) is 10.1. The van der Waals surface area contributed by atoms with Crippen molar-refractivity contribution in [2.24, 2.45) is 11.8 Å². The first-order valence-electron chi connectivity index (χ1n) is 13.7. The van der Waals surface area contributed by atoms with E-state index in [0.717, 1.165) is 52.6 Å². The van der Waals surface area contributed by atoms with Crippen LogP contribution in [0.3, 0.4) is 0 Å². The maximum atomic E-state index is 10.9. The van der Waals surface area contributed by atoms with E-state index in [1.165, 1.54) is 0 Å². The van der Waals surface area contributed by atoms with Crippen molar-refractivity contribution in [1.29, 1.82) is 0 Å². The molecule has 0 aromatic carbocycles. The van der Waals surface area contributed by atoms with Crippen molar-refractivity contribution >= 4 is 69.1 Å². The molecule has 10 heteroatoms. The molecule has 0 aromatic heterocycles. The third-order valence-corrected chi connectivity index (χ3v) is 9.51. The second-order valence-electron chi connectivity index (χ2n) is 12.1. The van der Waals surface area contributed by atoms with Crippen LogP contribution in [0.4, 0.5) is 0 Å². The van der Waals surface area contributed by atoms with Gasteiger partial charge in [-0.05, 0) is 110 Å². The number of aliphatic hydroxyl groups excluding tert-OH is 2. The van der Waals surface area contributed by atoms with Crippen molar-refractivity contribution in [1.82, 2.24) is 19.6 Å². The highest BCUT2D eigenvalue weighted by Crippen LogP contribution is 2.33. The van der Waals surface area contributed by atoms with E-state index in [1.54, 1.807) is 0 Å². The van der Waals surface area contributed by atoms with Crippen LogP contribution in [0.15, 0.2) is 0 Å². The van der Waals surface area contributed by atoms with E-state index in [9.17, 15) is 10.2 Å². The van der Waals surface area contributed by atoms with Crippen LogP contribution in [0.25, 0.3) is 0 Å². The van der Waals surface area contributed by atoms with E-state index in [4.69, 9.17) is 48.9 Å². The molecular weight excluding hydrogens is 541 g/mol. The smallest absolute Gasteiger partial charge is 0.177 e. The predicted molar refractivity (Wildman–Crippen MR) is 170 cm³/mol. The van der Waals surface area contributed by atoms with Gasteiger partial charge in [0.05, 0.1) is 25.3 Å². The molecule has 2 rings (SSSR count). The van der Waals surface area contributed by atoms with E-state index >= 15 is 0 Å². The Morgan fingerprint density at radius 2 is 1.03 bits per heavy atom. The quantitative estimate of drug-likeness (QED) is 0.272. The van der Waals surface area contributed by atoms with Crippen molar-refractivity contribution in [3.63, 3.8) is 0 Å². The van der Waals surface area contributed by atoms with E-state index in [0.29, 0.717) is 25.9 Å². The van der Waals surface area contributed by atoms with Crippen molar-refractivity contribution < 1.29 is 10.2 Å². The molecule has 6 nitrogen and oxygen atoms in total. The molecule has 0 aromatic rings. The number of nitrogens with zero attached hydrogens (tertiary/aromatic N) is 4. The Labute approximate surface area is 246 Å². The Kier molecular flexibility index (Phi) is 11.7. The fourth-order valence-corrected chi connectivity index (χ4v) is 8.12. The van der Waals surface area contributed by atoms with Crippen molar-refractivity contribution in [3.8, 4) is 0 Å². The van der Waals surface area contributed by atoms with Gasteiger partial charge in [0.25, 0.3) is 0 Å². The van der Waals surface area contributed by atoms with Crippen LogP contribution in [-0.2, 0) is 0 Å². The summed E-state index contributed by atoms with van der Waals surface area (Å²) in [6.07, 6.45) is 2.77. The molecule has 2 saturated heterocycles. The Morgan fingerprint density at radius 3 is 1.30 bits per heavy atom.